The minimum atomic E-state index is -0.748. The first-order valence-corrected chi connectivity index (χ1v) is 7.40. The van der Waals surface area contributed by atoms with E-state index in [0.29, 0.717) is 25.9 Å². The van der Waals surface area contributed by atoms with Crippen molar-refractivity contribution in [3.8, 4) is 0 Å². The van der Waals surface area contributed by atoms with Gasteiger partial charge in [0, 0.05) is 19.0 Å². The number of hydrogen-bond donors (Lipinski definition) is 2. The van der Waals surface area contributed by atoms with Crippen LogP contribution in [0.25, 0.3) is 0 Å². The quantitative estimate of drug-likeness (QED) is 0.754. The molecule has 0 fully saturated rings. The van der Waals surface area contributed by atoms with Crippen molar-refractivity contribution in [1.29, 1.82) is 0 Å². The van der Waals surface area contributed by atoms with E-state index in [1.165, 1.54) is 0 Å². The minimum Gasteiger partial charge on any atom is -0.325 e. The molecule has 0 spiro atoms. The van der Waals surface area contributed by atoms with Crippen molar-refractivity contribution in [3.05, 3.63) is 0 Å². The van der Waals surface area contributed by atoms with E-state index >= 15 is 0 Å². The number of hydrogen-bond acceptors (Lipinski definition) is 3. The van der Waals surface area contributed by atoms with E-state index in [4.69, 9.17) is 0 Å². The molecular formula is C14H27N3O3. The summed E-state index contributed by atoms with van der Waals surface area (Å²) < 4.78 is 0. The fraction of sp³-hybridized carbons (Fsp3) is 0.786. The summed E-state index contributed by atoms with van der Waals surface area (Å²) in [4.78, 5) is 36.7. The number of nitrogens with zero attached hydrogens (tertiary/aromatic N) is 1. The zero-order chi connectivity index (χ0) is 15.5. The summed E-state index contributed by atoms with van der Waals surface area (Å²) in [5, 5.41) is 4.40. The molecule has 0 saturated carbocycles. The predicted molar refractivity (Wildman–Crippen MR) is 78.3 cm³/mol. The van der Waals surface area contributed by atoms with Crippen LogP contribution in [0.3, 0.4) is 0 Å². The number of amides is 5. The third kappa shape index (κ3) is 6.54. The van der Waals surface area contributed by atoms with Gasteiger partial charge in [-0.15, -0.1) is 0 Å². The normalized spacial score (nSPS) is 10.2. The molecule has 0 rings (SSSR count). The van der Waals surface area contributed by atoms with Crippen LogP contribution in [0.4, 0.5) is 9.59 Å². The van der Waals surface area contributed by atoms with Crippen LogP contribution in [0, 0.1) is 5.92 Å². The third-order valence-electron chi connectivity index (χ3n) is 3.26. The van der Waals surface area contributed by atoms with Gasteiger partial charge in [0.2, 0.25) is 5.91 Å². The van der Waals surface area contributed by atoms with Crippen molar-refractivity contribution in [1.82, 2.24) is 15.5 Å². The monoisotopic (exact) mass is 285 g/mol. The van der Waals surface area contributed by atoms with Crippen LogP contribution in [0.5, 0.6) is 0 Å². The lowest BCUT2D eigenvalue weighted by Gasteiger charge is -2.20. The van der Waals surface area contributed by atoms with Gasteiger partial charge in [-0.1, -0.05) is 27.2 Å². The molecule has 0 aliphatic rings. The van der Waals surface area contributed by atoms with Crippen molar-refractivity contribution in [2.24, 2.45) is 5.92 Å². The first-order valence-electron chi connectivity index (χ1n) is 7.40. The number of nitrogens with one attached hydrogen (secondary N) is 2. The van der Waals surface area contributed by atoms with Crippen molar-refractivity contribution >= 4 is 18.0 Å². The second-order valence-electron chi connectivity index (χ2n) is 4.70. The number of carbonyl (C=O) groups is 3. The zero-order valence-electron chi connectivity index (χ0n) is 13.0. The lowest BCUT2D eigenvalue weighted by Crippen LogP contribution is -2.49. The lowest BCUT2D eigenvalue weighted by molar-refractivity contribution is -0.124. The molecule has 2 N–H and O–H groups in total. The van der Waals surface area contributed by atoms with Crippen LogP contribution >= 0.6 is 0 Å². The van der Waals surface area contributed by atoms with Crippen LogP contribution in [0.1, 0.15) is 53.4 Å². The van der Waals surface area contributed by atoms with Gasteiger partial charge in [0.25, 0.3) is 0 Å². The smallest absolute Gasteiger partial charge is 0.325 e. The predicted octanol–water partition coefficient (Wildman–Crippen LogP) is 2.49. The maximum Gasteiger partial charge on any atom is 0.329 e. The van der Waals surface area contributed by atoms with E-state index in [1.807, 2.05) is 27.7 Å². The molecule has 0 aliphatic carbocycles. The van der Waals surface area contributed by atoms with Crippen molar-refractivity contribution in [2.75, 3.05) is 13.1 Å². The van der Waals surface area contributed by atoms with Crippen LogP contribution in [-0.4, -0.2) is 36.0 Å². The summed E-state index contributed by atoms with van der Waals surface area (Å²) in [6.07, 6.45) is 3.20. The highest BCUT2D eigenvalue weighted by atomic mass is 16.2. The van der Waals surface area contributed by atoms with Gasteiger partial charge in [0.15, 0.2) is 0 Å². The Morgan fingerprint density at radius 3 is 2.05 bits per heavy atom. The molecule has 0 atom stereocenters. The Morgan fingerprint density at radius 2 is 1.60 bits per heavy atom. The maximum absolute atomic E-state index is 11.8. The summed E-state index contributed by atoms with van der Waals surface area (Å²) in [6, 6.07) is -1.21. The molecule has 0 saturated heterocycles. The van der Waals surface area contributed by atoms with Gasteiger partial charge in [-0.05, 0) is 26.2 Å². The molecule has 116 valence electrons. The molecule has 6 nitrogen and oxygen atoms in total. The molecule has 0 aromatic rings. The van der Waals surface area contributed by atoms with E-state index in [9.17, 15) is 14.4 Å². The van der Waals surface area contributed by atoms with Gasteiger partial charge in [-0.25, -0.2) is 9.59 Å². The number of imide groups is 2. The van der Waals surface area contributed by atoms with Gasteiger partial charge in [0.1, 0.15) is 0 Å². The number of carbonyl (C=O) groups excluding carboxylic acids is 3. The summed E-state index contributed by atoms with van der Waals surface area (Å²) in [7, 11) is 0. The standard InChI is InChI=1S/C14H27N3O3/c1-5-9-10-17(8-4)14(20)16-13(19)15-12(18)11(6-2)7-3/h11H,5-10H2,1-4H3,(H2,15,16,18,19,20). The minimum absolute atomic E-state index is 0.196. The fourth-order valence-corrected chi connectivity index (χ4v) is 1.83. The molecule has 0 aromatic carbocycles. The SMILES string of the molecule is CCCCN(CC)C(=O)NC(=O)NC(=O)C(CC)CC. The molecule has 5 amide bonds. The molecular weight excluding hydrogens is 258 g/mol. The van der Waals surface area contributed by atoms with E-state index < -0.39 is 12.1 Å². The number of rotatable bonds is 7. The average Bonchev–Trinajstić information content (AvgIpc) is 2.40. The number of unbranched alkanes of at least 4 members (excludes halogenated alkanes) is 1. The zero-order valence-corrected chi connectivity index (χ0v) is 13.0. The van der Waals surface area contributed by atoms with Crippen LogP contribution in [0.15, 0.2) is 0 Å². The van der Waals surface area contributed by atoms with Crippen LogP contribution in [-0.2, 0) is 4.79 Å². The third-order valence-corrected chi connectivity index (χ3v) is 3.26. The Balaban J connectivity index is 4.30. The van der Waals surface area contributed by atoms with Crippen molar-refractivity contribution < 1.29 is 14.4 Å². The molecule has 20 heavy (non-hydrogen) atoms. The van der Waals surface area contributed by atoms with Crippen molar-refractivity contribution in [3.63, 3.8) is 0 Å². The number of urea groups is 2. The van der Waals surface area contributed by atoms with Gasteiger partial charge >= 0.3 is 12.1 Å². The molecule has 6 heteroatoms. The first-order chi connectivity index (χ1) is 9.49. The average molecular weight is 285 g/mol. The van der Waals surface area contributed by atoms with E-state index in [0.717, 1.165) is 12.8 Å². The fourth-order valence-electron chi connectivity index (χ4n) is 1.83. The first kappa shape index (κ1) is 18.4. The van der Waals surface area contributed by atoms with Gasteiger partial charge < -0.3 is 4.90 Å². The largest absolute Gasteiger partial charge is 0.329 e. The van der Waals surface area contributed by atoms with Gasteiger partial charge in [-0.2, -0.15) is 0 Å². The van der Waals surface area contributed by atoms with E-state index in [2.05, 4.69) is 10.6 Å². The second kappa shape index (κ2) is 10.2. The Labute approximate surface area is 121 Å². The Morgan fingerprint density at radius 1 is 1.00 bits per heavy atom. The molecule has 0 bridgehead atoms. The summed E-state index contributed by atoms with van der Waals surface area (Å²) in [5.41, 5.74) is 0. The molecule has 0 unspecified atom stereocenters. The topological polar surface area (TPSA) is 78.5 Å². The summed E-state index contributed by atoms with van der Waals surface area (Å²) >= 11 is 0. The van der Waals surface area contributed by atoms with E-state index in [1.54, 1.807) is 4.90 Å². The Kier molecular flexibility index (Phi) is 9.41. The molecule has 0 radical (unpaired) electrons. The lowest BCUT2D eigenvalue weighted by atomic mass is 10.0. The van der Waals surface area contributed by atoms with E-state index in [-0.39, 0.29) is 11.8 Å². The summed E-state index contributed by atoms with van der Waals surface area (Å²) in [6.45, 7) is 8.79. The van der Waals surface area contributed by atoms with Crippen LogP contribution in [0.2, 0.25) is 0 Å². The van der Waals surface area contributed by atoms with Crippen LogP contribution < -0.4 is 10.6 Å². The van der Waals surface area contributed by atoms with Gasteiger partial charge in [0.05, 0.1) is 0 Å². The summed E-state index contributed by atoms with van der Waals surface area (Å²) in [5.74, 6) is -0.532. The highest BCUT2D eigenvalue weighted by Crippen LogP contribution is 2.06. The Bertz CT molecular complexity index is 328. The highest BCUT2D eigenvalue weighted by Gasteiger charge is 2.19. The Hall–Kier alpha value is -1.59. The van der Waals surface area contributed by atoms with Crippen molar-refractivity contribution in [2.45, 2.75) is 53.4 Å². The van der Waals surface area contributed by atoms with Gasteiger partial charge in [-0.3, -0.25) is 15.4 Å². The molecule has 0 heterocycles. The molecule has 0 aromatic heterocycles. The second-order valence-corrected chi connectivity index (χ2v) is 4.70. The molecule has 0 aliphatic heterocycles. The highest BCUT2D eigenvalue weighted by molar-refractivity contribution is 6.02. The maximum atomic E-state index is 11.8.